The molecule has 2 bridgehead atoms. The van der Waals surface area contributed by atoms with Crippen LogP contribution in [0.25, 0.3) is 0 Å². The molecule has 0 aromatic heterocycles. The molecule has 2 atom stereocenters. The number of likely N-dealkylation sites (N-methyl/N-ethyl adjacent to an activating group) is 1. The SMILES string of the molecule is CCN(CC)CCNCC1C(CCO)C2CCN1CC2. The first kappa shape index (κ1) is 16.2. The van der Waals surface area contributed by atoms with Gasteiger partial charge in [-0.05, 0) is 57.3 Å². The van der Waals surface area contributed by atoms with Crippen molar-refractivity contribution in [3.8, 4) is 0 Å². The van der Waals surface area contributed by atoms with Gasteiger partial charge in [-0.25, -0.2) is 0 Å². The number of fused-ring (bicyclic) bond motifs is 3. The Kier molecular flexibility index (Phi) is 6.75. The van der Waals surface area contributed by atoms with Gasteiger partial charge in [0.2, 0.25) is 0 Å². The first-order valence-electron chi connectivity index (χ1n) is 8.58. The summed E-state index contributed by atoms with van der Waals surface area (Å²) in [6.45, 7) is 13.0. The quantitative estimate of drug-likeness (QED) is 0.620. The van der Waals surface area contributed by atoms with E-state index in [-0.39, 0.29) is 0 Å². The Labute approximate surface area is 124 Å². The summed E-state index contributed by atoms with van der Waals surface area (Å²) in [5, 5.41) is 13.0. The topological polar surface area (TPSA) is 38.7 Å². The fourth-order valence-electron chi connectivity index (χ4n) is 4.15. The zero-order chi connectivity index (χ0) is 14.4. The fourth-order valence-corrected chi connectivity index (χ4v) is 4.15. The van der Waals surface area contributed by atoms with Crippen LogP contribution in [-0.4, -0.2) is 73.4 Å². The lowest BCUT2D eigenvalue weighted by atomic mass is 9.72. The molecule has 118 valence electrons. The molecule has 4 nitrogen and oxygen atoms in total. The molecule has 0 aromatic rings. The third kappa shape index (κ3) is 3.94. The lowest BCUT2D eigenvalue weighted by Crippen LogP contribution is -2.58. The standard InChI is InChI=1S/C16H33N3O/c1-3-18(4-2)11-8-17-13-16-15(7-12-20)14-5-9-19(16)10-6-14/h14-17,20H,3-13H2,1-2H3. The minimum Gasteiger partial charge on any atom is -0.396 e. The average molecular weight is 283 g/mol. The fraction of sp³-hybridized carbons (Fsp3) is 1.00. The number of piperidine rings is 3. The summed E-state index contributed by atoms with van der Waals surface area (Å²) < 4.78 is 0. The van der Waals surface area contributed by atoms with Gasteiger partial charge in [0.05, 0.1) is 0 Å². The van der Waals surface area contributed by atoms with Crippen molar-refractivity contribution >= 4 is 0 Å². The van der Waals surface area contributed by atoms with Gasteiger partial charge in [0.15, 0.2) is 0 Å². The summed E-state index contributed by atoms with van der Waals surface area (Å²) in [6, 6.07) is 0.659. The van der Waals surface area contributed by atoms with Gasteiger partial charge in [-0.15, -0.1) is 0 Å². The summed E-state index contributed by atoms with van der Waals surface area (Å²) in [5.74, 6) is 1.57. The Morgan fingerprint density at radius 3 is 2.50 bits per heavy atom. The van der Waals surface area contributed by atoms with Gasteiger partial charge in [-0.1, -0.05) is 13.8 Å². The molecule has 3 heterocycles. The minimum absolute atomic E-state index is 0.352. The Bertz CT molecular complexity index is 262. The van der Waals surface area contributed by atoms with Crippen LogP contribution in [-0.2, 0) is 0 Å². The normalized spacial score (nSPS) is 33.0. The molecule has 0 aliphatic carbocycles. The van der Waals surface area contributed by atoms with Crippen LogP contribution in [0.3, 0.4) is 0 Å². The number of aliphatic hydroxyl groups excluding tert-OH is 1. The molecule has 3 aliphatic heterocycles. The third-order valence-electron chi connectivity index (χ3n) is 5.46. The van der Waals surface area contributed by atoms with Crippen molar-refractivity contribution in [2.75, 3.05) is 52.4 Å². The van der Waals surface area contributed by atoms with E-state index in [1.807, 2.05) is 0 Å². The van der Waals surface area contributed by atoms with Gasteiger partial charge in [0, 0.05) is 32.3 Å². The van der Waals surface area contributed by atoms with E-state index in [2.05, 4.69) is 29.0 Å². The number of nitrogens with zero attached hydrogens (tertiary/aromatic N) is 2. The van der Waals surface area contributed by atoms with Crippen LogP contribution in [0, 0.1) is 11.8 Å². The highest BCUT2D eigenvalue weighted by Crippen LogP contribution is 2.38. The summed E-state index contributed by atoms with van der Waals surface area (Å²) in [5.41, 5.74) is 0. The van der Waals surface area contributed by atoms with Gasteiger partial charge >= 0.3 is 0 Å². The Morgan fingerprint density at radius 1 is 1.20 bits per heavy atom. The molecule has 3 rings (SSSR count). The molecule has 3 fully saturated rings. The smallest absolute Gasteiger partial charge is 0.0434 e. The van der Waals surface area contributed by atoms with Crippen molar-refractivity contribution in [3.05, 3.63) is 0 Å². The number of nitrogens with one attached hydrogen (secondary N) is 1. The van der Waals surface area contributed by atoms with Gasteiger partial charge in [0.1, 0.15) is 0 Å². The second-order valence-electron chi connectivity index (χ2n) is 6.35. The average Bonchev–Trinajstić information content (AvgIpc) is 2.50. The molecule has 0 spiro atoms. The number of rotatable bonds is 9. The molecule has 0 aromatic carbocycles. The monoisotopic (exact) mass is 283 g/mol. The number of aliphatic hydroxyl groups is 1. The van der Waals surface area contributed by atoms with E-state index in [9.17, 15) is 5.11 Å². The number of hydrogen-bond acceptors (Lipinski definition) is 4. The van der Waals surface area contributed by atoms with Gasteiger partial charge in [0.25, 0.3) is 0 Å². The maximum atomic E-state index is 9.33. The highest BCUT2D eigenvalue weighted by Gasteiger charge is 2.41. The maximum Gasteiger partial charge on any atom is 0.0434 e. The van der Waals surface area contributed by atoms with E-state index >= 15 is 0 Å². The summed E-state index contributed by atoms with van der Waals surface area (Å²) >= 11 is 0. The van der Waals surface area contributed by atoms with E-state index in [0.29, 0.717) is 18.6 Å². The number of hydrogen-bond donors (Lipinski definition) is 2. The zero-order valence-electron chi connectivity index (χ0n) is 13.4. The first-order chi connectivity index (χ1) is 9.80. The van der Waals surface area contributed by atoms with Crippen LogP contribution < -0.4 is 5.32 Å². The van der Waals surface area contributed by atoms with E-state index in [1.165, 1.54) is 25.9 Å². The van der Waals surface area contributed by atoms with E-state index in [0.717, 1.165) is 45.1 Å². The Balaban J connectivity index is 1.75. The maximum absolute atomic E-state index is 9.33. The molecular weight excluding hydrogens is 250 g/mol. The van der Waals surface area contributed by atoms with Crippen LogP contribution in [0.1, 0.15) is 33.1 Å². The summed E-state index contributed by atoms with van der Waals surface area (Å²) in [4.78, 5) is 5.12. The Morgan fingerprint density at radius 2 is 1.90 bits per heavy atom. The largest absolute Gasteiger partial charge is 0.396 e. The van der Waals surface area contributed by atoms with E-state index < -0.39 is 0 Å². The van der Waals surface area contributed by atoms with Crippen molar-refractivity contribution < 1.29 is 5.11 Å². The predicted octanol–water partition coefficient (Wildman–Crippen LogP) is 1.01. The summed E-state index contributed by atoms with van der Waals surface area (Å²) in [6.07, 6.45) is 3.69. The van der Waals surface area contributed by atoms with Crippen molar-refractivity contribution in [2.45, 2.75) is 39.2 Å². The lowest BCUT2D eigenvalue weighted by molar-refractivity contribution is -0.0192. The van der Waals surface area contributed by atoms with Gasteiger partial charge < -0.3 is 15.3 Å². The van der Waals surface area contributed by atoms with Crippen LogP contribution in [0.2, 0.25) is 0 Å². The molecule has 0 radical (unpaired) electrons. The highest BCUT2D eigenvalue weighted by atomic mass is 16.3. The van der Waals surface area contributed by atoms with E-state index in [4.69, 9.17) is 0 Å². The Hall–Kier alpha value is -0.160. The van der Waals surface area contributed by atoms with Crippen LogP contribution in [0.4, 0.5) is 0 Å². The zero-order valence-corrected chi connectivity index (χ0v) is 13.4. The van der Waals surface area contributed by atoms with Gasteiger partial charge in [-0.3, -0.25) is 4.90 Å². The molecule has 3 aliphatic rings. The molecule has 0 saturated carbocycles. The molecule has 2 unspecified atom stereocenters. The lowest BCUT2D eigenvalue weighted by Gasteiger charge is -2.51. The van der Waals surface area contributed by atoms with Crippen molar-refractivity contribution in [1.29, 1.82) is 0 Å². The molecule has 0 amide bonds. The minimum atomic E-state index is 0.352. The van der Waals surface area contributed by atoms with Crippen molar-refractivity contribution in [1.82, 2.24) is 15.1 Å². The molecule has 4 heteroatoms. The van der Waals surface area contributed by atoms with Crippen molar-refractivity contribution in [3.63, 3.8) is 0 Å². The van der Waals surface area contributed by atoms with Crippen LogP contribution in [0.5, 0.6) is 0 Å². The molecule has 2 N–H and O–H groups in total. The second kappa shape index (κ2) is 8.32. The van der Waals surface area contributed by atoms with Gasteiger partial charge in [-0.2, -0.15) is 0 Å². The van der Waals surface area contributed by atoms with Crippen molar-refractivity contribution in [2.24, 2.45) is 11.8 Å². The first-order valence-corrected chi connectivity index (χ1v) is 8.58. The molecule has 3 saturated heterocycles. The second-order valence-corrected chi connectivity index (χ2v) is 6.35. The molecule has 20 heavy (non-hydrogen) atoms. The summed E-state index contributed by atoms with van der Waals surface area (Å²) in [7, 11) is 0. The van der Waals surface area contributed by atoms with Crippen LogP contribution in [0.15, 0.2) is 0 Å². The predicted molar refractivity (Wildman–Crippen MR) is 83.9 cm³/mol. The molecular formula is C16H33N3O. The van der Waals surface area contributed by atoms with E-state index in [1.54, 1.807) is 0 Å². The van der Waals surface area contributed by atoms with Crippen LogP contribution >= 0.6 is 0 Å². The third-order valence-corrected chi connectivity index (χ3v) is 5.46. The highest BCUT2D eigenvalue weighted by molar-refractivity contribution is 4.95.